The summed E-state index contributed by atoms with van der Waals surface area (Å²) in [5.41, 5.74) is 2.69. The number of hydrogen-bond acceptors (Lipinski definition) is 7. The molecule has 4 aromatic rings. The van der Waals surface area contributed by atoms with E-state index in [1.807, 2.05) is 13.0 Å². The van der Waals surface area contributed by atoms with Gasteiger partial charge in [0.05, 0.1) is 15.9 Å². The number of sulfonamides is 1. The van der Waals surface area contributed by atoms with Crippen LogP contribution < -0.4 is 10.0 Å². The molecule has 0 radical (unpaired) electrons. The number of rotatable bonds is 5. The van der Waals surface area contributed by atoms with Crippen LogP contribution in [0, 0.1) is 20.8 Å². The van der Waals surface area contributed by atoms with E-state index in [-0.39, 0.29) is 16.6 Å². The second kappa shape index (κ2) is 7.54. The predicted molar refractivity (Wildman–Crippen MR) is 116 cm³/mol. The van der Waals surface area contributed by atoms with Gasteiger partial charge in [-0.15, -0.1) is 0 Å². The summed E-state index contributed by atoms with van der Waals surface area (Å²) < 4.78 is 33.9. The van der Waals surface area contributed by atoms with Crippen molar-refractivity contribution in [2.45, 2.75) is 25.7 Å². The van der Waals surface area contributed by atoms with Crippen LogP contribution in [0.2, 0.25) is 0 Å². The predicted octanol–water partition coefficient (Wildman–Crippen LogP) is 4.26. The lowest BCUT2D eigenvalue weighted by molar-refractivity contribution is 0.102. The average molecular weight is 443 g/mol. The van der Waals surface area contributed by atoms with E-state index in [1.165, 1.54) is 11.3 Å². The number of anilines is 2. The summed E-state index contributed by atoms with van der Waals surface area (Å²) in [6, 6.07) is 12.2. The van der Waals surface area contributed by atoms with Gasteiger partial charge in [-0.05, 0) is 50.6 Å². The minimum absolute atomic E-state index is 0.0281. The highest BCUT2D eigenvalue weighted by atomic mass is 32.2. The molecule has 0 atom stereocenters. The maximum atomic E-state index is 12.8. The van der Waals surface area contributed by atoms with Crippen LogP contribution in [-0.4, -0.2) is 24.5 Å². The Bertz CT molecular complexity index is 1340. The van der Waals surface area contributed by atoms with Crippen molar-refractivity contribution in [3.8, 4) is 0 Å². The molecule has 2 aromatic carbocycles. The van der Waals surface area contributed by atoms with Gasteiger partial charge in [-0.3, -0.25) is 14.8 Å². The van der Waals surface area contributed by atoms with Crippen LogP contribution in [0.15, 0.2) is 51.9 Å². The molecule has 1 amide bonds. The standard InChI is InChI=1S/C20H18N4O4S2/c1-11-9-15(24-30(26,27)18-12(2)23-28-13(18)3)10-16-17(11)21-20(29-16)22-19(25)14-7-5-4-6-8-14/h4-10,24H,1-3H3,(H,21,22,25). The van der Waals surface area contributed by atoms with Crippen molar-refractivity contribution < 1.29 is 17.7 Å². The van der Waals surface area contributed by atoms with Crippen LogP contribution in [0.25, 0.3) is 10.2 Å². The number of carbonyl (C=O) groups excluding carboxylic acids is 1. The number of nitrogens with zero attached hydrogens (tertiary/aromatic N) is 2. The Morgan fingerprint density at radius 1 is 1.10 bits per heavy atom. The Morgan fingerprint density at radius 3 is 2.50 bits per heavy atom. The summed E-state index contributed by atoms with van der Waals surface area (Å²) >= 11 is 1.27. The van der Waals surface area contributed by atoms with Crippen molar-refractivity contribution in [3.05, 3.63) is 65.0 Å². The van der Waals surface area contributed by atoms with Gasteiger partial charge in [0.1, 0.15) is 5.69 Å². The number of thiazole rings is 1. The van der Waals surface area contributed by atoms with E-state index < -0.39 is 10.0 Å². The molecule has 0 aliphatic carbocycles. The second-order valence-corrected chi connectivity index (χ2v) is 9.39. The third-order valence-corrected chi connectivity index (χ3v) is 6.97. The molecule has 0 spiro atoms. The summed E-state index contributed by atoms with van der Waals surface area (Å²) in [5.74, 6) is -0.0341. The fourth-order valence-electron chi connectivity index (χ4n) is 3.13. The SMILES string of the molecule is Cc1noc(C)c1S(=O)(=O)Nc1cc(C)c2nc(NC(=O)c3ccccc3)sc2c1. The molecule has 0 saturated heterocycles. The zero-order valence-electron chi connectivity index (χ0n) is 16.4. The van der Waals surface area contributed by atoms with Gasteiger partial charge < -0.3 is 4.52 Å². The second-order valence-electron chi connectivity index (χ2n) is 6.74. The van der Waals surface area contributed by atoms with Crippen molar-refractivity contribution in [3.63, 3.8) is 0 Å². The first-order valence-electron chi connectivity index (χ1n) is 8.98. The van der Waals surface area contributed by atoms with E-state index in [2.05, 4.69) is 20.2 Å². The molecule has 30 heavy (non-hydrogen) atoms. The fraction of sp³-hybridized carbons (Fsp3) is 0.150. The van der Waals surface area contributed by atoms with Gasteiger partial charge in [-0.2, -0.15) is 0 Å². The van der Waals surface area contributed by atoms with Gasteiger partial charge in [0.15, 0.2) is 15.8 Å². The lowest BCUT2D eigenvalue weighted by atomic mass is 10.2. The monoisotopic (exact) mass is 442 g/mol. The molecule has 0 fully saturated rings. The number of fused-ring (bicyclic) bond motifs is 1. The van der Waals surface area contributed by atoms with Crippen LogP contribution in [0.5, 0.6) is 0 Å². The van der Waals surface area contributed by atoms with E-state index in [0.717, 1.165) is 10.3 Å². The molecule has 4 rings (SSSR count). The summed E-state index contributed by atoms with van der Waals surface area (Å²) in [4.78, 5) is 16.9. The minimum atomic E-state index is -3.86. The molecular formula is C20H18N4O4S2. The highest BCUT2D eigenvalue weighted by Crippen LogP contribution is 2.32. The van der Waals surface area contributed by atoms with Crippen LogP contribution in [0.4, 0.5) is 10.8 Å². The maximum absolute atomic E-state index is 12.8. The summed E-state index contributed by atoms with van der Waals surface area (Å²) in [6.45, 7) is 4.96. The fourth-order valence-corrected chi connectivity index (χ4v) is 5.48. The van der Waals surface area contributed by atoms with Crippen molar-refractivity contribution in [2.75, 3.05) is 10.0 Å². The molecule has 10 heteroatoms. The quantitative estimate of drug-likeness (QED) is 0.477. The molecule has 8 nitrogen and oxygen atoms in total. The van der Waals surface area contributed by atoms with Gasteiger partial charge in [0, 0.05) is 5.56 Å². The van der Waals surface area contributed by atoms with Crippen molar-refractivity contribution in [1.82, 2.24) is 10.1 Å². The number of benzene rings is 2. The molecule has 2 heterocycles. The molecule has 0 bridgehead atoms. The van der Waals surface area contributed by atoms with E-state index in [9.17, 15) is 13.2 Å². The lowest BCUT2D eigenvalue weighted by Gasteiger charge is -2.08. The molecular weight excluding hydrogens is 424 g/mol. The third kappa shape index (κ3) is 3.79. The summed E-state index contributed by atoms with van der Waals surface area (Å²) in [7, 11) is -3.86. The molecule has 2 aromatic heterocycles. The zero-order chi connectivity index (χ0) is 21.5. The van der Waals surface area contributed by atoms with Crippen LogP contribution in [-0.2, 0) is 10.0 Å². The first-order valence-corrected chi connectivity index (χ1v) is 11.3. The van der Waals surface area contributed by atoms with E-state index in [4.69, 9.17) is 4.52 Å². The first-order chi connectivity index (χ1) is 14.2. The first kappa shape index (κ1) is 20.0. The maximum Gasteiger partial charge on any atom is 0.267 e. The number of nitrogens with one attached hydrogen (secondary N) is 2. The largest absolute Gasteiger partial charge is 0.360 e. The van der Waals surface area contributed by atoms with Gasteiger partial charge in [0.25, 0.3) is 15.9 Å². The smallest absolute Gasteiger partial charge is 0.267 e. The normalized spacial score (nSPS) is 11.6. The molecule has 0 aliphatic heterocycles. The van der Waals surface area contributed by atoms with Crippen molar-refractivity contribution in [2.24, 2.45) is 0 Å². The van der Waals surface area contributed by atoms with E-state index in [1.54, 1.807) is 50.2 Å². The zero-order valence-corrected chi connectivity index (χ0v) is 18.0. The number of amides is 1. The minimum Gasteiger partial charge on any atom is -0.360 e. The Labute approximate surface area is 177 Å². The topological polar surface area (TPSA) is 114 Å². The Morgan fingerprint density at radius 2 is 1.83 bits per heavy atom. The molecule has 2 N–H and O–H groups in total. The Hall–Kier alpha value is -3.24. The van der Waals surface area contributed by atoms with Crippen LogP contribution in [0.1, 0.15) is 27.4 Å². The lowest BCUT2D eigenvalue weighted by Crippen LogP contribution is -2.14. The van der Waals surface area contributed by atoms with E-state index >= 15 is 0 Å². The highest BCUT2D eigenvalue weighted by Gasteiger charge is 2.24. The van der Waals surface area contributed by atoms with Gasteiger partial charge in [-0.25, -0.2) is 13.4 Å². The van der Waals surface area contributed by atoms with Gasteiger partial charge in [-0.1, -0.05) is 34.7 Å². The van der Waals surface area contributed by atoms with Crippen molar-refractivity contribution in [1.29, 1.82) is 0 Å². The number of aromatic nitrogens is 2. The Balaban J connectivity index is 1.63. The summed E-state index contributed by atoms with van der Waals surface area (Å²) in [5, 5.41) is 6.93. The van der Waals surface area contributed by atoms with Crippen LogP contribution in [0.3, 0.4) is 0 Å². The Kier molecular flexibility index (Phi) is 5.04. The molecule has 0 saturated carbocycles. The third-order valence-electron chi connectivity index (χ3n) is 4.43. The number of hydrogen-bond donors (Lipinski definition) is 2. The number of carbonyl (C=O) groups is 1. The molecule has 0 aliphatic rings. The highest BCUT2D eigenvalue weighted by molar-refractivity contribution is 7.92. The number of aryl methyl sites for hydroxylation is 3. The molecule has 0 unspecified atom stereocenters. The van der Waals surface area contributed by atoms with Gasteiger partial charge >= 0.3 is 0 Å². The van der Waals surface area contributed by atoms with Crippen molar-refractivity contribution >= 4 is 48.3 Å². The molecule has 154 valence electrons. The summed E-state index contributed by atoms with van der Waals surface area (Å²) in [6.07, 6.45) is 0. The van der Waals surface area contributed by atoms with Crippen LogP contribution >= 0.6 is 11.3 Å². The van der Waals surface area contributed by atoms with E-state index in [0.29, 0.717) is 27.6 Å². The average Bonchev–Trinajstić information content (AvgIpc) is 3.25. The van der Waals surface area contributed by atoms with Gasteiger partial charge in [0.2, 0.25) is 0 Å².